The second kappa shape index (κ2) is 8.68. The van der Waals surface area contributed by atoms with Gasteiger partial charge in [-0.25, -0.2) is 0 Å². The Bertz CT molecular complexity index is 958. The van der Waals surface area contributed by atoms with E-state index in [1.807, 2.05) is 6.07 Å². The van der Waals surface area contributed by atoms with Crippen molar-refractivity contribution in [2.45, 2.75) is 33.6 Å². The Morgan fingerprint density at radius 2 is 1.56 bits per heavy atom. The topological polar surface area (TPSA) is 0 Å². The third-order valence-electron chi connectivity index (χ3n) is 5.17. The first-order valence-corrected chi connectivity index (χ1v) is 9.65. The summed E-state index contributed by atoms with van der Waals surface area (Å²) in [5.41, 5.74) is 9.14. The largest absolute Gasteiger partial charge is 0.0798 e. The van der Waals surface area contributed by atoms with Crippen molar-refractivity contribution < 1.29 is 0 Å². The quantitative estimate of drug-likeness (QED) is 0.415. The molecule has 0 heterocycles. The Morgan fingerprint density at radius 3 is 2.22 bits per heavy atom. The van der Waals surface area contributed by atoms with E-state index >= 15 is 0 Å². The van der Waals surface area contributed by atoms with Crippen LogP contribution < -0.4 is 0 Å². The highest BCUT2D eigenvalue weighted by atomic mass is 14.2. The first kappa shape index (κ1) is 18.9. The molecule has 0 spiro atoms. The lowest BCUT2D eigenvalue weighted by molar-refractivity contribution is 0.917. The predicted octanol–water partition coefficient (Wildman–Crippen LogP) is 7.57. The Labute approximate surface area is 163 Å². The second-order valence-corrected chi connectivity index (χ2v) is 7.20. The van der Waals surface area contributed by atoms with Crippen LogP contribution in [0.2, 0.25) is 0 Å². The fourth-order valence-corrected chi connectivity index (χ4v) is 3.50. The monoisotopic (exact) mass is 352 g/mol. The van der Waals surface area contributed by atoms with Gasteiger partial charge in [0.1, 0.15) is 0 Å². The summed E-state index contributed by atoms with van der Waals surface area (Å²) >= 11 is 0. The molecule has 27 heavy (non-hydrogen) atoms. The van der Waals surface area contributed by atoms with E-state index in [0.29, 0.717) is 5.92 Å². The summed E-state index contributed by atoms with van der Waals surface area (Å²) in [6, 6.07) is 26.1. The SMILES string of the molecule is C/C=C(/C=C/c1ccccc1)c1ccc(C(C)c2cccc(C)c2)cc1C. The van der Waals surface area contributed by atoms with Crippen LogP contribution in [0.5, 0.6) is 0 Å². The lowest BCUT2D eigenvalue weighted by atomic mass is 9.89. The van der Waals surface area contributed by atoms with Crippen LogP contribution in [-0.2, 0) is 0 Å². The van der Waals surface area contributed by atoms with Gasteiger partial charge in [0, 0.05) is 5.92 Å². The molecule has 3 aromatic carbocycles. The molecule has 0 aliphatic rings. The van der Waals surface area contributed by atoms with Crippen molar-refractivity contribution in [3.05, 3.63) is 118 Å². The summed E-state index contributed by atoms with van der Waals surface area (Å²) in [6.45, 7) is 8.76. The molecule has 0 N–H and O–H groups in total. The van der Waals surface area contributed by atoms with Gasteiger partial charge in [-0.05, 0) is 54.2 Å². The standard InChI is InChI=1S/C27H28/c1-5-24(15-14-23-11-7-6-8-12-23)27-17-16-26(19-21(27)3)22(4)25-13-9-10-20(2)18-25/h5-19,22H,1-4H3/b15-14+,24-5-. The van der Waals surface area contributed by atoms with Crippen LogP contribution in [0.4, 0.5) is 0 Å². The summed E-state index contributed by atoms with van der Waals surface area (Å²) in [4.78, 5) is 0. The zero-order chi connectivity index (χ0) is 19.2. The lowest BCUT2D eigenvalue weighted by Gasteiger charge is -2.16. The lowest BCUT2D eigenvalue weighted by Crippen LogP contribution is -1.98. The number of benzene rings is 3. The smallest absolute Gasteiger partial charge is 0.00612 e. The normalized spacial score (nSPS) is 13.1. The summed E-state index contributed by atoms with van der Waals surface area (Å²) in [5, 5.41) is 0. The molecule has 1 unspecified atom stereocenters. The van der Waals surface area contributed by atoms with Gasteiger partial charge in [0.25, 0.3) is 0 Å². The van der Waals surface area contributed by atoms with Crippen molar-refractivity contribution in [3.8, 4) is 0 Å². The van der Waals surface area contributed by atoms with E-state index in [9.17, 15) is 0 Å². The van der Waals surface area contributed by atoms with Crippen LogP contribution in [0.1, 0.15) is 53.1 Å². The minimum Gasteiger partial charge on any atom is -0.0798 e. The van der Waals surface area contributed by atoms with Crippen LogP contribution in [0, 0.1) is 13.8 Å². The molecular weight excluding hydrogens is 324 g/mol. The molecular formula is C27H28. The molecule has 0 saturated heterocycles. The Hall–Kier alpha value is -2.86. The zero-order valence-corrected chi connectivity index (χ0v) is 16.7. The number of aryl methyl sites for hydroxylation is 2. The molecule has 1 atom stereocenters. The molecule has 0 fully saturated rings. The van der Waals surface area contributed by atoms with E-state index in [1.165, 1.54) is 39.0 Å². The van der Waals surface area contributed by atoms with Gasteiger partial charge in [0.15, 0.2) is 0 Å². The summed E-state index contributed by atoms with van der Waals surface area (Å²) in [5.74, 6) is 0.395. The van der Waals surface area contributed by atoms with E-state index in [4.69, 9.17) is 0 Å². The fraction of sp³-hybridized carbons (Fsp3) is 0.185. The average molecular weight is 353 g/mol. The van der Waals surface area contributed by atoms with Gasteiger partial charge in [-0.15, -0.1) is 0 Å². The van der Waals surface area contributed by atoms with Crippen LogP contribution in [0.25, 0.3) is 11.6 Å². The van der Waals surface area contributed by atoms with Crippen LogP contribution >= 0.6 is 0 Å². The molecule has 0 aliphatic carbocycles. The molecule has 0 saturated carbocycles. The van der Waals surface area contributed by atoms with Crippen LogP contribution in [-0.4, -0.2) is 0 Å². The molecule has 3 rings (SSSR count). The second-order valence-electron chi connectivity index (χ2n) is 7.20. The maximum absolute atomic E-state index is 2.34. The molecule has 0 bridgehead atoms. The first-order valence-electron chi connectivity index (χ1n) is 9.65. The molecule has 0 nitrogen and oxygen atoms in total. The Balaban J connectivity index is 1.86. The van der Waals surface area contributed by atoms with Crippen molar-refractivity contribution in [1.29, 1.82) is 0 Å². The molecule has 0 amide bonds. The van der Waals surface area contributed by atoms with Gasteiger partial charge < -0.3 is 0 Å². The van der Waals surface area contributed by atoms with E-state index in [-0.39, 0.29) is 0 Å². The number of hydrogen-bond acceptors (Lipinski definition) is 0. The highest BCUT2D eigenvalue weighted by Crippen LogP contribution is 2.29. The van der Waals surface area contributed by atoms with Crippen molar-refractivity contribution >= 4 is 11.6 Å². The van der Waals surface area contributed by atoms with Crippen LogP contribution in [0.3, 0.4) is 0 Å². The number of allylic oxidation sites excluding steroid dienone is 3. The van der Waals surface area contributed by atoms with Gasteiger partial charge in [-0.3, -0.25) is 0 Å². The van der Waals surface area contributed by atoms with Gasteiger partial charge in [0.2, 0.25) is 0 Å². The fourth-order valence-electron chi connectivity index (χ4n) is 3.50. The minimum absolute atomic E-state index is 0.395. The summed E-state index contributed by atoms with van der Waals surface area (Å²) in [7, 11) is 0. The van der Waals surface area contributed by atoms with Crippen molar-refractivity contribution in [1.82, 2.24) is 0 Å². The molecule has 3 aromatic rings. The van der Waals surface area contributed by atoms with Crippen molar-refractivity contribution in [2.24, 2.45) is 0 Å². The highest BCUT2D eigenvalue weighted by molar-refractivity contribution is 5.80. The number of hydrogen-bond donors (Lipinski definition) is 0. The van der Waals surface area contributed by atoms with Gasteiger partial charge in [0.05, 0.1) is 0 Å². The molecule has 0 heteroatoms. The molecule has 136 valence electrons. The van der Waals surface area contributed by atoms with Gasteiger partial charge in [-0.2, -0.15) is 0 Å². The van der Waals surface area contributed by atoms with E-state index in [2.05, 4.69) is 113 Å². The maximum Gasteiger partial charge on any atom is 0.00612 e. The van der Waals surface area contributed by atoms with Crippen molar-refractivity contribution in [3.63, 3.8) is 0 Å². The third kappa shape index (κ3) is 4.65. The first-order chi connectivity index (χ1) is 13.1. The van der Waals surface area contributed by atoms with E-state index in [1.54, 1.807) is 0 Å². The molecule has 0 aliphatic heterocycles. The zero-order valence-electron chi connectivity index (χ0n) is 16.7. The summed E-state index contributed by atoms with van der Waals surface area (Å²) in [6.07, 6.45) is 6.57. The third-order valence-corrected chi connectivity index (χ3v) is 5.17. The molecule has 0 aromatic heterocycles. The maximum atomic E-state index is 2.34. The van der Waals surface area contributed by atoms with Gasteiger partial charge in [-0.1, -0.05) is 104 Å². The van der Waals surface area contributed by atoms with E-state index < -0.39 is 0 Å². The average Bonchev–Trinajstić information content (AvgIpc) is 2.69. The predicted molar refractivity (Wildman–Crippen MR) is 119 cm³/mol. The molecule has 0 radical (unpaired) electrons. The van der Waals surface area contributed by atoms with Gasteiger partial charge >= 0.3 is 0 Å². The van der Waals surface area contributed by atoms with E-state index in [0.717, 1.165) is 0 Å². The Kier molecular flexibility index (Phi) is 6.08. The van der Waals surface area contributed by atoms with Crippen molar-refractivity contribution in [2.75, 3.05) is 0 Å². The highest BCUT2D eigenvalue weighted by Gasteiger charge is 2.11. The number of rotatable bonds is 5. The summed E-state index contributed by atoms with van der Waals surface area (Å²) < 4.78 is 0. The van der Waals surface area contributed by atoms with Crippen LogP contribution in [0.15, 0.2) is 84.9 Å². The Morgan fingerprint density at radius 1 is 0.815 bits per heavy atom. The minimum atomic E-state index is 0.395.